The molecule has 2 amide bonds. The van der Waals surface area contributed by atoms with Crippen molar-refractivity contribution in [3.63, 3.8) is 0 Å². The average molecular weight is 311 g/mol. The molecule has 1 atom stereocenters. The first kappa shape index (κ1) is 18.0. The summed E-state index contributed by atoms with van der Waals surface area (Å²) in [6.45, 7) is 5.27. The van der Waals surface area contributed by atoms with E-state index < -0.39 is 12.1 Å². The van der Waals surface area contributed by atoms with E-state index in [-0.39, 0.29) is 11.8 Å². The van der Waals surface area contributed by atoms with Crippen LogP contribution in [0.3, 0.4) is 0 Å². The molecule has 0 aliphatic carbocycles. The quantitative estimate of drug-likeness (QED) is 0.776. The molecule has 1 heterocycles. The number of likely N-dealkylation sites (N-methyl/N-ethyl adjacent to an activating group) is 1. The third-order valence-electron chi connectivity index (χ3n) is 3.08. The lowest BCUT2D eigenvalue weighted by Crippen LogP contribution is -2.47. The molecule has 8 nitrogen and oxygen atoms in total. The number of amides is 2. The average Bonchev–Trinajstić information content (AvgIpc) is 2.89. The number of carbonyl (C=O) groups excluding carboxylic acids is 2. The zero-order valence-electron chi connectivity index (χ0n) is 13.8. The van der Waals surface area contributed by atoms with Crippen molar-refractivity contribution in [2.24, 2.45) is 5.92 Å². The summed E-state index contributed by atoms with van der Waals surface area (Å²) in [4.78, 5) is 25.6. The Kier molecular flexibility index (Phi) is 6.84. The third-order valence-corrected chi connectivity index (χ3v) is 3.08. The van der Waals surface area contributed by atoms with Crippen LogP contribution in [0.2, 0.25) is 0 Å². The van der Waals surface area contributed by atoms with Crippen LogP contribution < -0.4 is 10.6 Å². The minimum atomic E-state index is -0.681. The molecule has 0 aliphatic heterocycles. The van der Waals surface area contributed by atoms with Crippen molar-refractivity contribution >= 4 is 17.8 Å². The van der Waals surface area contributed by atoms with Gasteiger partial charge < -0.3 is 20.3 Å². The van der Waals surface area contributed by atoms with Gasteiger partial charge in [0.1, 0.15) is 6.04 Å². The second kappa shape index (κ2) is 8.38. The van der Waals surface area contributed by atoms with Crippen LogP contribution in [0.5, 0.6) is 0 Å². The van der Waals surface area contributed by atoms with Gasteiger partial charge in [0.05, 0.1) is 13.7 Å². The zero-order chi connectivity index (χ0) is 16.7. The number of nitrogens with one attached hydrogen (secondary N) is 2. The minimum Gasteiger partial charge on any atom is -0.453 e. The van der Waals surface area contributed by atoms with E-state index in [0.717, 1.165) is 13.1 Å². The Hall–Kier alpha value is -2.09. The van der Waals surface area contributed by atoms with Gasteiger partial charge in [0.25, 0.3) is 0 Å². The van der Waals surface area contributed by atoms with Crippen LogP contribution in [-0.2, 0) is 16.1 Å². The zero-order valence-corrected chi connectivity index (χ0v) is 13.8. The van der Waals surface area contributed by atoms with Gasteiger partial charge in [-0.25, -0.2) is 4.79 Å². The fraction of sp³-hybridized carbons (Fsp3) is 0.643. The van der Waals surface area contributed by atoms with Gasteiger partial charge >= 0.3 is 6.09 Å². The van der Waals surface area contributed by atoms with Gasteiger partial charge in [-0.1, -0.05) is 13.8 Å². The molecule has 0 bridgehead atoms. The number of anilines is 1. The molecular formula is C14H25N5O3. The van der Waals surface area contributed by atoms with Gasteiger partial charge in [0, 0.05) is 18.8 Å². The Morgan fingerprint density at radius 2 is 2.09 bits per heavy atom. The Labute approximate surface area is 130 Å². The van der Waals surface area contributed by atoms with Gasteiger partial charge in [-0.05, 0) is 20.0 Å². The largest absolute Gasteiger partial charge is 0.453 e. The number of ether oxygens (including phenoxy) is 1. The number of aromatic nitrogens is 2. The van der Waals surface area contributed by atoms with Crippen LogP contribution in [-0.4, -0.2) is 60.5 Å². The fourth-order valence-corrected chi connectivity index (χ4v) is 1.78. The summed E-state index contributed by atoms with van der Waals surface area (Å²) in [6, 6.07) is 1.04. The number of methoxy groups -OCH3 is 1. The molecule has 1 aromatic heterocycles. The molecule has 1 aromatic rings. The van der Waals surface area contributed by atoms with Crippen molar-refractivity contribution in [1.82, 2.24) is 20.0 Å². The summed E-state index contributed by atoms with van der Waals surface area (Å²) in [5.74, 6) is 0.0641. The van der Waals surface area contributed by atoms with Gasteiger partial charge in [0.2, 0.25) is 5.91 Å². The Bertz CT molecular complexity index is 498. The van der Waals surface area contributed by atoms with Crippen molar-refractivity contribution in [1.29, 1.82) is 0 Å². The molecule has 0 fully saturated rings. The SMILES string of the molecule is COC(=O)NC(C(=O)Nc1ccn(CCN(C)C)n1)C(C)C. The molecule has 1 unspecified atom stereocenters. The summed E-state index contributed by atoms with van der Waals surface area (Å²) < 4.78 is 6.29. The van der Waals surface area contributed by atoms with Crippen molar-refractivity contribution in [2.45, 2.75) is 26.4 Å². The first-order chi connectivity index (χ1) is 10.3. The topological polar surface area (TPSA) is 88.5 Å². The van der Waals surface area contributed by atoms with E-state index in [2.05, 4.69) is 25.4 Å². The van der Waals surface area contributed by atoms with E-state index in [4.69, 9.17) is 0 Å². The predicted octanol–water partition coefficient (Wildman–Crippen LogP) is 0.764. The first-order valence-corrected chi connectivity index (χ1v) is 7.17. The first-order valence-electron chi connectivity index (χ1n) is 7.17. The van der Waals surface area contributed by atoms with E-state index in [0.29, 0.717) is 5.82 Å². The predicted molar refractivity (Wildman–Crippen MR) is 83.6 cm³/mol. The lowest BCUT2D eigenvalue weighted by Gasteiger charge is -2.20. The van der Waals surface area contributed by atoms with Crippen LogP contribution >= 0.6 is 0 Å². The van der Waals surface area contributed by atoms with Gasteiger partial charge in [0.15, 0.2) is 5.82 Å². The van der Waals surface area contributed by atoms with Crippen molar-refractivity contribution in [3.8, 4) is 0 Å². The van der Waals surface area contributed by atoms with Crippen molar-refractivity contribution in [3.05, 3.63) is 12.3 Å². The van der Waals surface area contributed by atoms with Crippen LogP contribution in [0.1, 0.15) is 13.8 Å². The normalized spacial score (nSPS) is 12.3. The Morgan fingerprint density at radius 3 is 2.64 bits per heavy atom. The van der Waals surface area contributed by atoms with Crippen molar-refractivity contribution in [2.75, 3.05) is 33.1 Å². The molecule has 1 rings (SSSR count). The molecule has 0 saturated carbocycles. The van der Waals surface area contributed by atoms with Gasteiger partial charge in [-0.2, -0.15) is 5.10 Å². The third kappa shape index (κ3) is 5.72. The van der Waals surface area contributed by atoms with E-state index in [1.165, 1.54) is 7.11 Å². The maximum atomic E-state index is 12.2. The van der Waals surface area contributed by atoms with Crippen LogP contribution in [0.4, 0.5) is 10.6 Å². The summed E-state index contributed by atoms with van der Waals surface area (Å²) in [5, 5.41) is 9.50. The number of hydrogen-bond donors (Lipinski definition) is 2. The molecular weight excluding hydrogens is 286 g/mol. The summed E-state index contributed by atoms with van der Waals surface area (Å²) in [7, 11) is 5.23. The Morgan fingerprint density at radius 1 is 1.41 bits per heavy atom. The molecule has 22 heavy (non-hydrogen) atoms. The number of alkyl carbamates (subject to hydrolysis) is 1. The number of carbonyl (C=O) groups is 2. The Balaban J connectivity index is 2.63. The number of hydrogen-bond acceptors (Lipinski definition) is 5. The molecule has 2 N–H and O–H groups in total. The van der Waals surface area contributed by atoms with Crippen LogP contribution in [0.25, 0.3) is 0 Å². The lowest BCUT2D eigenvalue weighted by molar-refractivity contribution is -0.119. The molecule has 0 aliphatic rings. The summed E-state index contributed by atoms with van der Waals surface area (Å²) in [6.07, 6.45) is 1.17. The van der Waals surface area contributed by atoms with Gasteiger partial charge in [-0.3, -0.25) is 9.48 Å². The molecule has 0 aromatic carbocycles. The molecule has 0 saturated heterocycles. The van der Waals surface area contributed by atoms with E-state index in [1.807, 2.05) is 27.9 Å². The highest BCUT2D eigenvalue weighted by molar-refractivity contribution is 5.96. The van der Waals surface area contributed by atoms with Crippen molar-refractivity contribution < 1.29 is 14.3 Å². The highest BCUT2D eigenvalue weighted by Gasteiger charge is 2.25. The second-order valence-electron chi connectivity index (χ2n) is 5.61. The maximum Gasteiger partial charge on any atom is 0.407 e. The van der Waals surface area contributed by atoms with Gasteiger partial charge in [-0.15, -0.1) is 0 Å². The number of nitrogens with zero attached hydrogens (tertiary/aromatic N) is 3. The molecule has 0 radical (unpaired) electrons. The summed E-state index contributed by atoms with van der Waals surface area (Å²) in [5.41, 5.74) is 0. The van der Waals surface area contributed by atoms with Crippen LogP contribution in [0.15, 0.2) is 12.3 Å². The maximum absolute atomic E-state index is 12.2. The lowest BCUT2D eigenvalue weighted by atomic mass is 10.0. The smallest absolute Gasteiger partial charge is 0.407 e. The second-order valence-corrected chi connectivity index (χ2v) is 5.61. The van der Waals surface area contributed by atoms with E-state index in [9.17, 15) is 9.59 Å². The number of rotatable bonds is 7. The fourth-order valence-electron chi connectivity index (χ4n) is 1.78. The highest BCUT2D eigenvalue weighted by atomic mass is 16.5. The highest BCUT2D eigenvalue weighted by Crippen LogP contribution is 2.08. The molecule has 0 spiro atoms. The van der Waals surface area contributed by atoms with E-state index >= 15 is 0 Å². The molecule has 8 heteroatoms. The van der Waals surface area contributed by atoms with Crippen LogP contribution in [0, 0.1) is 5.92 Å². The monoisotopic (exact) mass is 311 g/mol. The molecule has 124 valence electrons. The van der Waals surface area contributed by atoms with E-state index in [1.54, 1.807) is 16.9 Å². The summed E-state index contributed by atoms with van der Waals surface area (Å²) >= 11 is 0. The standard InChI is InChI=1S/C14H25N5O3/c1-10(2)12(16-14(21)22-5)13(20)15-11-6-7-19(17-11)9-8-18(3)4/h6-7,10,12H,8-9H2,1-5H3,(H,16,21)(H,15,17,20). The minimum absolute atomic E-state index is 0.0741.